The van der Waals surface area contributed by atoms with E-state index in [-0.39, 0.29) is 0 Å². The van der Waals surface area contributed by atoms with Crippen molar-refractivity contribution in [1.29, 1.82) is 0 Å². The molecule has 0 unspecified atom stereocenters. The summed E-state index contributed by atoms with van der Waals surface area (Å²) in [5.41, 5.74) is 6.67. The van der Waals surface area contributed by atoms with Gasteiger partial charge in [-0.25, -0.2) is 0 Å². The van der Waals surface area contributed by atoms with Gasteiger partial charge in [-0.3, -0.25) is 10.7 Å². The van der Waals surface area contributed by atoms with Gasteiger partial charge in [-0.05, 0) is 18.1 Å². The molecule has 0 spiro atoms. The van der Waals surface area contributed by atoms with Crippen LogP contribution >= 0.6 is 0 Å². The summed E-state index contributed by atoms with van der Waals surface area (Å²) in [4.78, 5) is 0. The molecule has 0 aliphatic heterocycles. The second-order valence-corrected chi connectivity index (χ2v) is 3.84. The lowest BCUT2D eigenvalue weighted by molar-refractivity contribution is 0.224. The van der Waals surface area contributed by atoms with Gasteiger partial charge in [0.1, 0.15) is 0 Å². The van der Waals surface area contributed by atoms with Crippen LogP contribution in [0.4, 0.5) is 0 Å². The lowest BCUT2D eigenvalue weighted by atomic mass is 10.1. The molecular formula is C12H12N2O. The summed E-state index contributed by atoms with van der Waals surface area (Å²) in [6, 6.07) is 8.31. The Morgan fingerprint density at radius 3 is 2.93 bits per heavy atom. The minimum absolute atomic E-state index is 0.809. The Labute approximate surface area is 87.6 Å². The molecule has 1 aliphatic carbocycles. The van der Waals surface area contributed by atoms with E-state index in [4.69, 9.17) is 5.21 Å². The molecule has 1 aromatic heterocycles. The van der Waals surface area contributed by atoms with Crippen LogP contribution in [0.5, 0.6) is 0 Å². The predicted octanol–water partition coefficient (Wildman–Crippen LogP) is 2.05. The third-order valence-corrected chi connectivity index (χ3v) is 3.10. The molecule has 1 aliphatic rings. The van der Waals surface area contributed by atoms with Crippen LogP contribution in [0.25, 0.3) is 16.6 Å². The van der Waals surface area contributed by atoms with E-state index in [1.165, 1.54) is 16.5 Å². The van der Waals surface area contributed by atoms with E-state index in [1.54, 1.807) is 0 Å². The number of fused-ring (bicyclic) bond motifs is 3. The largest absolute Gasteiger partial charge is 0.342 e. The lowest BCUT2D eigenvalue weighted by Gasteiger charge is -2.04. The van der Waals surface area contributed by atoms with E-state index in [2.05, 4.69) is 22.2 Å². The minimum Gasteiger partial charge on any atom is -0.342 e. The Balaban J connectivity index is 2.39. The number of hydrogen-bond acceptors (Lipinski definition) is 2. The molecule has 3 heteroatoms. The third-order valence-electron chi connectivity index (χ3n) is 3.10. The molecule has 1 heterocycles. The molecule has 0 radical (unpaired) electrons. The molecule has 0 atom stereocenters. The summed E-state index contributed by atoms with van der Waals surface area (Å²) in [6.45, 7) is 0. The van der Waals surface area contributed by atoms with Gasteiger partial charge in [0.15, 0.2) is 0 Å². The molecule has 15 heavy (non-hydrogen) atoms. The number of benzene rings is 1. The maximum atomic E-state index is 9.03. The standard InChI is InChI=1S/C12H12N2O/c1-14-11-5-3-2-4-8(11)9-6-7-10(13-15)12(9)14/h2-5,7,13,15H,6H2,1H3. The topological polar surface area (TPSA) is 37.2 Å². The highest BCUT2D eigenvalue weighted by Gasteiger charge is 2.21. The number of aromatic nitrogens is 1. The summed E-state index contributed by atoms with van der Waals surface area (Å²) in [5, 5.41) is 10.3. The van der Waals surface area contributed by atoms with E-state index >= 15 is 0 Å². The van der Waals surface area contributed by atoms with Crippen LogP contribution in [-0.4, -0.2) is 9.77 Å². The fraction of sp³-hybridized carbons (Fsp3) is 0.167. The maximum absolute atomic E-state index is 9.03. The van der Waals surface area contributed by atoms with E-state index < -0.39 is 0 Å². The average Bonchev–Trinajstić information content (AvgIpc) is 2.81. The molecule has 1 aromatic carbocycles. The van der Waals surface area contributed by atoms with Gasteiger partial charge in [0, 0.05) is 18.0 Å². The van der Waals surface area contributed by atoms with Crippen molar-refractivity contribution in [2.45, 2.75) is 6.42 Å². The van der Waals surface area contributed by atoms with Crippen LogP contribution in [0.3, 0.4) is 0 Å². The molecular weight excluding hydrogens is 188 g/mol. The maximum Gasteiger partial charge on any atom is 0.0805 e. The number of aryl methyl sites for hydroxylation is 1. The number of rotatable bonds is 1. The number of nitrogens with one attached hydrogen (secondary N) is 1. The van der Waals surface area contributed by atoms with Gasteiger partial charge in [-0.1, -0.05) is 24.3 Å². The first kappa shape index (κ1) is 8.56. The van der Waals surface area contributed by atoms with Gasteiger partial charge >= 0.3 is 0 Å². The molecule has 0 bridgehead atoms. The molecule has 0 fully saturated rings. The van der Waals surface area contributed by atoms with Crippen molar-refractivity contribution >= 4 is 16.6 Å². The fourth-order valence-electron chi connectivity index (χ4n) is 2.42. The van der Waals surface area contributed by atoms with Gasteiger partial charge in [-0.2, -0.15) is 0 Å². The first-order valence-electron chi connectivity index (χ1n) is 5.00. The Morgan fingerprint density at radius 2 is 2.13 bits per heavy atom. The van der Waals surface area contributed by atoms with E-state index in [0.717, 1.165) is 17.8 Å². The van der Waals surface area contributed by atoms with Gasteiger partial charge in [-0.15, -0.1) is 0 Å². The Morgan fingerprint density at radius 1 is 1.33 bits per heavy atom. The monoisotopic (exact) mass is 200 g/mol. The third kappa shape index (κ3) is 0.982. The van der Waals surface area contributed by atoms with Gasteiger partial charge in [0.05, 0.1) is 11.4 Å². The summed E-state index contributed by atoms with van der Waals surface area (Å²) in [7, 11) is 2.03. The Hall–Kier alpha value is -1.74. The summed E-state index contributed by atoms with van der Waals surface area (Å²) >= 11 is 0. The number of hydrogen-bond donors (Lipinski definition) is 2. The normalized spacial score (nSPS) is 14.1. The molecule has 3 nitrogen and oxygen atoms in total. The summed E-state index contributed by atoms with van der Waals surface area (Å²) < 4.78 is 2.12. The zero-order valence-electron chi connectivity index (χ0n) is 8.49. The second kappa shape index (κ2) is 2.87. The van der Waals surface area contributed by atoms with E-state index in [1.807, 2.05) is 25.3 Å². The van der Waals surface area contributed by atoms with Crippen LogP contribution < -0.4 is 5.48 Å². The average molecular weight is 200 g/mol. The predicted molar refractivity (Wildman–Crippen MR) is 59.5 cm³/mol. The molecule has 2 N–H and O–H groups in total. The number of nitrogens with zero attached hydrogens (tertiary/aromatic N) is 1. The van der Waals surface area contributed by atoms with Crippen LogP contribution in [0.2, 0.25) is 0 Å². The van der Waals surface area contributed by atoms with Crippen molar-refractivity contribution < 1.29 is 5.21 Å². The van der Waals surface area contributed by atoms with E-state index in [9.17, 15) is 0 Å². The highest BCUT2D eigenvalue weighted by Crippen LogP contribution is 2.33. The van der Waals surface area contributed by atoms with Gasteiger partial charge in [0.25, 0.3) is 0 Å². The van der Waals surface area contributed by atoms with Crippen molar-refractivity contribution in [3.63, 3.8) is 0 Å². The van der Waals surface area contributed by atoms with Gasteiger partial charge < -0.3 is 4.57 Å². The number of para-hydroxylation sites is 1. The highest BCUT2D eigenvalue weighted by atomic mass is 16.5. The van der Waals surface area contributed by atoms with Crippen LogP contribution in [0, 0.1) is 0 Å². The van der Waals surface area contributed by atoms with Crippen molar-refractivity contribution in [2.75, 3.05) is 0 Å². The minimum atomic E-state index is 0.809. The Kier molecular flexibility index (Phi) is 1.64. The Bertz CT molecular complexity index is 566. The summed E-state index contributed by atoms with van der Waals surface area (Å²) in [5.74, 6) is 0. The van der Waals surface area contributed by atoms with Crippen LogP contribution in [0.1, 0.15) is 11.3 Å². The molecule has 0 saturated heterocycles. The zero-order valence-corrected chi connectivity index (χ0v) is 8.49. The van der Waals surface area contributed by atoms with E-state index in [0.29, 0.717) is 0 Å². The number of hydroxylamine groups is 1. The van der Waals surface area contributed by atoms with Crippen LogP contribution in [0.15, 0.2) is 30.3 Å². The van der Waals surface area contributed by atoms with Crippen molar-refractivity contribution in [2.24, 2.45) is 7.05 Å². The van der Waals surface area contributed by atoms with Crippen LogP contribution in [-0.2, 0) is 13.5 Å². The highest BCUT2D eigenvalue weighted by molar-refractivity contribution is 5.92. The molecule has 0 amide bonds. The van der Waals surface area contributed by atoms with Crippen molar-refractivity contribution in [3.8, 4) is 0 Å². The lowest BCUT2D eigenvalue weighted by Crippen LogP contribution is -2.07. The first-order valence-corrected chi connectivity index (χ1v) is 5.00. The summed E-state index contributed by atoms with van der Waals surface area (Å²) in [6.07, 6.45) is 2.90. The second-order valence-electron chi connectivity index (χ2n) is 3.84. The van der Waals surface area contributed by atoms with Crippen molar-refractivity contribution in [1.82, 2.24) is 10.0 Å². The first-order chi connectivity index (χ1) is 7.33. The SMILES string of the molecule is Cn1c2c(c3ccccc31)CC=C2NO. The van der Waals surface area contributed by atoms with Crippen molar-refractivity contribution in [3.05, 3.63) is 41.6 Å². The smallest absolute Gasteiger partial charge is 0.0805 e. The number of allylic oxidation sites excluding steroid dienone is 1. The molecule has 2 aromatic rings. The van der Waals surface area contributed by atoms with Gasteiger partial charge in [0.2, 0.25) is 0 Å². The molecule has 0 saturated carbocycles. The zero-order chi connectivity index (χ0) is 10.4. The quantitative estimate of drug-likeness (QED) is 0.691. The molecule has 3 rings (SSSR count). The fourth-order valence-corrected chi connectivity index (χ4v) is 2.42. The molecule has 76 valence electrons.